The molecule has 1 nitrogen and oxygen atoms in total. The highest BCUT2D eigenvalue weighted by molar-refractivity contribution is 5.85. The molecule has 2 heteroatoms. The number of unbranched alkanes of at least 4 members (excludes halogenated alkanes) is 4. The summed E-state index contributed by atoms with van der Waals surface area (Å²) in [5, 5.41) is 0. The highest BCUT2D eigenvalue weighted by atomic mass is 35.5. The van der Waals surface area contributed by atoms with Crippen LogP contribution in [-0.4, -0.2) is 24.5 Å². The molecule has 0 heterocycles. The summed E-state index contributed by atoms with van der Waals surface area (Å²) < 4.78 is 0. The summed E-state index contributed by atoms with van der Waals surface area (Å²) in [5.74, 6) is 0. The van der Waals surface area contributed by atoms with E-state index in [-0.39, 0.29) is 12.4 Å². The molecule has 0 aromatic heterocycles. The first-order valence-corrected chi connectivity index (χ1v) is 6.18. The lowest BCUT2D eigenvalue weighted by Crippen LogP contribution is -2.26. The Kier molecular flexibility index (Phi) is 16.2. The molecule has 0 N–H and O–H groups in total. The van der Waals surface area contributed by atoms with Gasteiger partial charge in [-0.1, -0.05) is 45.6 Å². The third-order valence-corrected chi connectivity index (χ3v) is 2.54. The molecule has 0 atom stereocenters. The van der Waals surface area contributed by atoms with Gasteiger partial charge in [0.05, 0.1) is 0 Å². The van der Waals surface area contributed by atoms with Crippen molar-refractivity contribution in [3.05, 3.63) is 12.7 Å². The molecule has 0 saturated carbocycles. The summed E-state index contributed by atoms with van der Waals surface area (Å²) in [6.45, 7) is 11.9. The van der Waals surface area contributed by atoms with Crippen LogP contribution in [0.15, 0.2) is 12.7 Å². The van der Waals surface area contributed by atoms with E-state index >= 15 is 0 Å². The van der Waals surface area contributed by atoms with E-state index in [9.17, 15) is 0 Å². The Balaban J connectivity index is 0. The van der Waals surface area contributed by atoms with Crippen LogP contribution in [0.5, 0.6) is 0 Å². The minimum absolute atomic E-state index is 0. The average Bonchev–Trinajstić information content (AvgIpc) is 2.18. The quantitative estimate of drug-likeness (QED) is 0.402. The van der Waals surface area contributed by atoms with Crippen molar-refractivity contribution in [2.45, 2.75) is 52.4 Å². The van der Waals surface area contributed by atoms with Crippen molar-refractivity contribution in [1.82, 2.24) is 4.90 Å². The zero-order chi connectivity index (χ0) is 10.6. The van der Waals surface area contributed by atoms with E-state index in [1.807, 2.05) is 6.08 Å². The Morgan fingerprint density at radius 2 is 1.40 bits per heavy atom. The number of nitrogens with zero attached hydrogens (tertiary/aromatic N) is 1. The molecule has 0 amide bonds. The fourth-order valence-electron chi connectivity index (χ4n) is 1.65. The van der Waals surface area contributed by atoms with Crippen LogP contribution >= 0.6 is 12.4 Å². The van der Waals surface area contributed by atoms with Crippen molar-refractivity contribution in [2.24, 2.45) is 0 Å². The Morgan fingerprint density at radius 3 is 1.73 bits per heavy atom. The second-order valence-electron chi connectivity index (χ2n) is 4.00. The third kappa shape index (κ3) is 11.9. The summed E-state index contributed by atoms with van der Waals surface area (Å²) in [4.78, 5) is 2.53. The van der Waals surface area contributed by atoms with E-state index in [1.54, 1.807) is 0 Å². The first-order chi connectivity index (χ1) is 6.85. The molecule has 92 valence electrons. The lowest BCUT2D eigenvalue weighted by atomic mass is 10.2. The Labute approximate surface area is 102 Å². The molecule has 15 heavy (non-hydrogen) atoms. The lowest BCUT2D eigenvalue weighted by molar-refractivity contribution is 0.288. The van der Waals surface area contributed by atoms with Crippen LogP contribution in [0, 0.1) is 0 Å². The SMILES string of the molecule is C=CCN(CCCCC)CCCCC.Cl. The minimum Gasteiger partial charge on any atom is -0.300 e. The number of rotatable bonds is 10. The topological polar surface area (TPSA) is 3.24 Å². The van der Waals surface area contributed by atoms with Gasteiger partial charge in [-0.2, -0.15) is 0 Å². The van der Waals surface area contributed by atoms with E-state index < -0.39 is 0 Å². The summed E-state index contributed by atoms with van der Waals surface area (Å²) in [6.07, 6.45) is 10.1. The van der Waals surface area contributed by atoms with Gasteiger partial charge in [-0.05, 0) is 25.9 Å². The molecule has 0 fully saturated rings. The number of halogens is 1. The van der Waals surface area contributed by atoms with Crippen LogP contribution in [0.4, 0.5) is 0 Å². The smallest absolute Gasteiger partial charge is 0.0160 e. The average molecular weight is 234 g/mol. The van der Waals surface area contributed by atoms with Crippen molar-refractivity contribution < 1.29 is 0 Å². The number of hydrogen-bond donors (Lipinski definition) is 0. The van der Waals surface area contributed by atoms with Gasteiger partial charge >= 0.3 is 0 Å². The van der Waals surface area contributed by atoms with Gasteiger partial charge in [0.15, 0.2) is 0 Å². The molecule has 0 aliphatic heterocycles. The van der Waals surface area contributed by atoms with Crippen LogP contribution in [0.1, 0.15) is 52.4 Å². The van der Waals surface area contributed by atoms with Crippen LogP contribution < -0.4 is 0 Å². The molecular weight excluding hydrogens is 206 g/mol. The van der Waals surface area contributed by atoms with Gasteiger partial charge < -0.3 is 0 Å². The molecule has 0 saturated heterocycles. The molecular formula is C13H28ClN. The maximum absolute atomic E-state index is 3.82. The predicted octanol–water partition coefficient (Wildman–Crippen LogP) is 4.28. The van der Waals surface area contributed by atoms with Crippen LogP contribution in [0.3, 0.4) is 0 Å². The van der Waals surface area contributed by atoms with E-state index in [1.165, 1.54) is 51.6 Å². The van der Waals surface area contributed by atoms with Crippen LogP contribution in [0.25, 0.3) is 0 Å². The standard InChI is InChI=1S/C13H27N.ClH/c1-4-7-9-12-14(11-6-3)13-10-8-5-2;/h6H,3-5,7-13H2,1-2H3;1H. The summed E-state index contributed by atoms with van der Waals surface area (Å²) >= 11 is 0. The minimum atomic E-state index is 0. The maximum Gasteiger partial charge on any atom is 0.0160 e. The zero-order valence-electron chi connectivity index (χ0n) is 10.5. The normalized spacial score (nSPS) is 10.1. The summed E-state index contributed by atoms with van der Waals surface area (Å²) in [7, 11) is 0. The second-order valence-corrected chi connectivity index (χ2v) is 4.00. The molecule has 0 radical (unpaired) electrons. The first kappa shape index (κ1) is 17.4. The zero-order valence-corrected chi connectivity index (χ0v) is 11.3. The molecule has 0 aromatic rings. The third-order valence-electron chi connectivity index (χ3n) is 2.54. The van der Waals surface area contributed by atoms with E-state index in [2.05, 4.69) is 25.3 Å². The van der Waals surface area contributed by atoms with Gasteiger partial charge in [0.1, 0.15) is 0 Å². The van der Waals surface area contributed by atoms with E-state index in [4.69, 9.17) is 0 Å². The van der Waals surface area contributed by atoms with Gasteiger partial charge in [0, 0.05) is 6.54 Å². The largest absolute Gasteiger partial charge is 0.300 e. The highest BCUT2D eigenvalue weighted by Gasteiger charge is 2.01. The van der Waals surface area contributed by atoms with Crippen molar-refractivity contribution in [3.63, 3.8) is 0 Å². The van der Waals surface area contributed by atoms with Crippen molar-refractivity contribution >= 4 is 12.4 Å². The van der Waals surface area contributed by atoms with Crippen molar-refractivity contribution in [2.75, 3.05) is 19.6 Å². The van der Waals surface area contributed by atoms with E-state index in [0.29, 0.717) is 0 Å². The Bertz CT molecular complexity index is 116. The molecule has 0 rings (SSSR count). The fraction of sp³-hybridized carbons (Fsp3) is 0.846. The summed E-state index contributed by atoms with van der Waals surface area (Å²) in [5.41, 5.74) is 0. The maximum atomic E-state index is 3.82. The molecule has 0 aliphatic rings. The second kappa shape index (κ2) is 14.0. The summed E-state index contributed by atoms with van der Waals surface area (Å²) in [6, 6.07) is 0. The van der Waals surface area contributed by atoms with Gasteiger partial charge in [0.2, 0.25) is 0 Å². The molecule has 0 aliphatic carbocycles. The fourth-order valence-corrected chi connectivity index (χ4v) is 1.65. The number of hydrogen-bond acceptors (Lipinski definition) is 1. The van der Waals surface area contributed by atoms with Crippen molar-refractivity contribution in [3.8, 4) is 0 Å². The predicted molar refractivity (Wildman–Crippen MR) is 72.9 cm³/mol. The van der Waals surface area contributed by atoms with Crippen LogP contribution in [-0.2, 0) is 0 Å². The lowest BCUT2D eigenvalue weighted by Gasteiger charge is -2.20. The molecule has 0 bridgehead atoms. The Hall–Kier alpha value is -0.0100. The van der Waals surface area contributed by atoms with Gasteiger partial charge in [0.25, 0.3) is 0 Å². The molecule has 0 unspecified atom stereocenters. The first-order valence-electron chi connectivity index (χ1n) is 6.18. The molecule has 0 spiro atoms. The highest BCUT2D eigenvalue weighted by Crippen LogP contribution is 2.02. The molecule has 0 aromatic carbocycles. The van der Waals surface area contributed by atoms with Gasteiger partial charge in [-0.15, -0.1) is 19.0 Å². The van der Waals surface area contributed by atoms with Gasteiger partial charge in [-0.3, -0.25) is 4.90 Å². The van der Waals surface area contributed by atoms with E-state index in [0.717, 1.165) is 6.54 Å². The Morgan fingerprint density at radius 1 is 0.933 bits per heavy atom. The van der Waals surface area contributed by atoms with Gasteiger partial charge in [-0.25, -0.2) is 0 Å². The van der Waals surface area contributed by atoms with Crippen molar-refractivity contribution in [1.29, 1.82) is 0 Å². The van der Waals surface area contributed by atoms with Crippen LogP contribution in [0.2, 0.25) is 0 Å². The monoisotopic (exact) mass is 233 g/mol.